The molecule has 0 aliphatic carbocycles. The molecule has 3 heterocycles. The Morgan fingerprint density at radius 1 is 1.38 bits per heavy atom. The van der Waals surface area contributed by atoms with E-state index in [0.717, 1.165) is 26.1 Å². The molecule has 118 valence electrons. The van der Waals surface area contributed by atoms with E-state index >= 15 is 0 Å². The molecule has 2 saturated heterocycles. The SMILES string of the molecule is CS(=O)(=O)N1CCOC[C@@]2(CCN(Cc3cccs3)C2)C1. The Labute approximate surface area is 130 Å². The van der Waals surface area contributed by atoms with E-state index in [1.165, 1.54) is 11.1 Å². The maximum Gasteiger partial charge on any atom is 0.211 e. The van der Waals surface area contributed by atoms with Gasteiger partial charge in [0, 0.05) is 36.5 Å². The van der Waals surface area contributed by atoms with E-state index in [4.69, 9.17) is 4.74 Å². The minimum absolute atomic E-state index is 0.0448. The van der Waals surface area contributed by atoms with Crippen LogP contribution in [-0.4, -0.2) is 63.3 Å². The topological polar surface area (TPSA) is 49.9 Å². The number of thiophene rings is 1. The predicted molar refractivity (Wildman–Crippen MR) is 83.9 cm³/mol. The van der Waals surface area contributed by atoms with Crippen molar-refractivity contribution in [2.75, 3.05) is 45.6 Å². The lowest BCUT2D eigenvalue weighted by molar-refractivity contribution is 0.0722. The molecule has 7 heteroatoms. The van der Waals surface area contributed by atoms with Crippen molar-refractivity contribution in [1.82, 2.24) is 9.21 Å². The smallest absolute Gasteiger partial charge is 0.211 e. The molecule has 5 nitrogen and oxygen atoms in total. The summed E-state index contributed by atoms with van der Waals surface area (Å²) >= 11 is 1.77. The number of hydrogen-bond donors (Lipinski definition) is 0. The first-order chi connectivity index (χ1) is 9.97. The largest absolute Gasteiger partial charge is 0.379 e. The van der Waals surface area contributed by atoms with Crippen molar-refractivity contribution in [3.8, 4) is 0 Å². The summed E-state index contributed by atoms with van der Waals surface area (Å²) < 4.78 is 31.1. The predicted octanol–water partition coefficient (Wildman–Crippen LogP) is 1.23. The lowest BCUT2D eigenvalue weighted by Gasteiger charge is -2.30. The molecule has 2 aliphatic rings. The summed E-state index contributed by atoms with van der Waals surface area (Å²) in [6, 6.07) is 4.23. The molecule has 2 aliphatic heterocycles. The highest BCUT2D eigenvalue weighted by molar-refractivity contribution is 7.88. The van der Waals surface area contributed by atoms with Crippen LogP contribution in [0.2, 0.25) is 0 Å². The highest BCUT2D eigenvalue weighted by Crippen LogP contribution is 2.35. The normalized spacial score (nSPS) is 29.0. The summed E-state index contributed by atoms with van der Waals surface area (Å²) in [6.45, 7) is 5.12. The third-order valence-corrected chi connectivity index (χ3v) is 6.46. The molecule has 1 aromatic rings. The van der Waals surface area contributed by atoms with Gasteiger partial charge < -0.3 is 4.74 Å². The van der Waals surface area contributed by atoms with Crippen LogP contribution in [-0.2, 0) is 21.3 Å². The van der Waals surface area contributed by atoms with Gasteiger partial charge in [-0.2, -0.15) is 4.31 Å². The molecule has 0 aromatic carbocycles. The zero-order valence-corrected chi connectivity index (χ0v) is 14.0. The highest BCUT2D eigenvalue weighted by atomic mass is 32.2. The van der Waals surface area contributed by atoms with Crippen LogP contribution >= 0.6 is 11.3 Å². The Hall–Kier alpha value is -0.470. The van der Waals surface area contributed by atoms with Crippen molar-refractivity contribution in [2.45, 2.75) is 13.0 Å². The highest BCUT2D eigenvalue weighted by Gasteiger charge is 2.42. The minimum atomic E-state index is -3.14. The van der Waals surface area contributed by atoms with Crippen molar-refractivity contribution in [1.29, 1.82) is 0 Å². The van der Waals surface area contributed by atoms with Crippen LogP contribution in [0.25, 0.3) is 0 Å². The molecular weight excluding hydrogens is 308 g/mol. The van der Waals surface area contributed by atoms with Gasteiger partial charge in [0.2, 0.25) is 10.0 Å². The average Bonchev–Trinajstić information content (AvgIpc) is 2.98. The first-order valence-electron chi connectivity index (χ1n) is 7.25. The Bertz CT molecular complexity index is 573. The van der Waals surface area contributed by atoms with Crippen LogP contribution in [0.3, 0.4) is 0 Å². The van der Waals surface area contributed by atoms with Gasteiger partial charge >= 0.3 is 0 Å². The van der Waals surface area contributed by atoms with E-state index in [1.807, 2.05) is 0 Å². The van der Waals surface area contributed by atoms with Gasteiger partial charge in [0.25, 0.3) is 0 Å². The number of nitrogens with zero attached hydrogens (tertiary/aromatic N) is 2. The maximum absolute atomic E-state index is 11.9. The number of rotatable bonds is 3. The second-order valence-corrected chi connectivity index (χ2v) is 9.20. The summed E-state index contributed by atoms with van der Waals surface area (Å²) in [5.74, 6) is 0. The fourth-order valence-corrected chi connectivity index (χ4v) is 4.93. The first-order valence-corrected chi connectivity index (χ1v) is 9.97. The number of hydrogen-bond acceptors (Lipinski definition) is 5. The van der Waals surface area contributed by atoms with Crippen LogP contribution in [0.1, 0.15) is 11.3 Å². The monoisotopic (exact) mass is 330 g/mol. The van der Waals surface area contributed by atoms with Crippen molar-refractivity contribution >= 4 is 21.4 Å². The zero-order valence-electron chi connectivity index (χ0n) is 12.3. The van der Waals surface area contributed by atoms with Crippen molar-refractivity contribution in [3.63, 3.8) is 0 Å². The first kappa shape index (κ1) is 15.4. The Balaban J connectivity index is 1.69. The van der Waals surface area contributed by atoms with Gasteiger partial charge in [-0.1, -0.05) is 6.07 Å². The Kier molecular flexibility index (Phi) is 4.38. The molecule has 0 N–H and O–H groups in total. The van der Waals surface area contributed by atoms with E-state index in [1.54, 1.807) is 15.6 Å². The van der Waals surface area contributed by atoms with Crippen molar-refractivity contribution < 1.29 is 13.2 Å². The van der Waals surface area contributed by atoms with Gasteiger partial charge in [-0.25, -0.2) is 8.42 Å². The molecule has 1 spiro atoms. The summed E-state index contributed by atoms with van der Waals surface area (Å²) in [5, 5.41) is 2.10. The second kappa shape index (κ2) is 5.96. The van der Waals surface area contributed by atoms with E-state index in [9.17, 15) is 8.42 Å². The molecule has 3 rings (SSSR count). The molecule has 0 saturated carbocycles. The molecule has 21 heavy (non-hydrogen) atoms. The Morgan fingerprint density at radius 3 is 2.95 bits per heavy atom. The lowest BCUT2D eigenvalue weighted by Crippen LogP contribution is -2.42. The van der Waals surface area contributed by atoms with Gasteiger partial charge in [0.1, 0.15) is 0 Å². The van der Waals surface area contributed by atoms with Crippen LogP contribution in [0.15, 0.2) is 17.5 Å². The lowest BCUT2D eigenvalue weighted by atomic mass is 9.88. The van der Waals surface area contributed by atoms with Crippen molar-refractivity contribution in [2.24, 2.45) is 5.41 Å². The van der Waals surface area contributed by atoms with E-state index in [2.05, 4.69) is 22.4 Å². The standard InChI is InChI=1S/C14H22N2O3S2/c1-21(17,18)16-6-7-19-12-14(11-16)4-5-15(10-14)9-13-3-2-8-20-13/h2-3,8H,4-7,9-12H2,1H3/t14-/m1/s1. The summed E-state index contributed by atoms with van der Waals surface area (Å²) in [7, 11) is -3.14. The fraction of sp³-hybridized carbons (Fsp3) is 0.714. The third-order valence-electron chi connectivity index (χ3n) is 4.35. The molecule has 0 radical (unpaired) electrons. The summed E-state index contributed by atoms with van der Waals surface area (Å²) in [6.07, 6.45) is 2.30. The summed E-state index contributed by atoms with van der Waals surface area (Å²) in [5.41, 5.74) is -0.0448. The molecule has 0 bridgehead atoms. The third kappa shape index (κ3) is 3.65. The number of sulfonamides is 1. The molecule has 0 unspecified atom stereocenters. The zero-order chi connectivity index (χ0) is 14.9. The molecule has 2 fully saturated rings. The van der Waals surface area contributed by atoms with Gasteiger partial charge in [0.05, 0.1) is 19.5 Å². The number of likely N-dealkylation sites (tertiary alicyclic amines) is 1. The average molecular weight is 330 g/mol. The minimum Gasteiger partial charge on any atom is -0.379 e. The van der Waals surface area contributed by atoms with Gasteiger partial charge in [0.15, 0.2) is 0 Å². The van der Waals surface area contributed by atoms with E-state index < -0.39 is 10.0 Å². The summed E-state index contributed by atoms with van der Waals surface area (Å²) in [4.78, 5) is 3.78. The number of ether oxygens (including phenoxy) is 1. The van der Waals surface area contributed by atoms with Crippen LogP contribution < -0.4 is 0 Å². The molecular formula is C14H22N2O3S2. The quantitative estimate of drug-likeness (QED) is 0.836. The fourth-order valence-electron chi connectivity index (χ4n) is 3.27. The molecule has 1 atom stereocenters. The molecule has 0 amide bonds. The van der Waals surface area contributed by atoms with Crippen LogP contribution in [0, 0.1) is 5.41 Å². The van der Waals surface area contributed by atoms with Crippen LogP contribution in [0.4, 0.5) is 0 Å². The molecule has 1 aromatic heterocycles. The van der Waals surface area contributed by atoms with E-state index in [-0.39, 0.29) is 5.41 Å². The van der Waals surface area contributed by atoms with E-state index in [0.29, 0.717) is 26.3 Å². The van der Waals surface area contributed by atoms with Gasteiger partial charge in [-0.3, -0.25) is 4.90 Å². The van der Waals surface area contributed by atoms with Gasteiger partial charge in [-0.15, -0.1) is 11.3 Å². The van der Waals surface area contributed by atoms with Crippen molar-refractivity contribution in [3.05, 3.63) is 22.4 Å². The Morgan fingerprint density at radius 2 is 2.24 bits per heavy atom. The van der Waals surface area contributed by atoms with Crippen LogP contribution in [0.5, 0.6) is 0 Å². The second-order valence-electron chi connectivity index (χ2n) is 6.19. The van der Waals surface area contributed by atoms with Gasteiger partial charge in [-0.05, 0) is 24.4 Å². The maximum atomic E-state index is 11.9.